The minimum atomic E-state index is 0.0619. The number of pyridine rings is 1. The van der Waals surface area contributed by atoms with Crippen molar-refractivity contribution in [2.24, 2.45) is 5.92 Å². The van der Waals surface area contributed by atoms with Gasteiger partial charge in [0.15, 0.2) is 5.78 Å². The van der Waals surface area contributed by atoms with Crippen molar-refractivity contribution in [3.05, 3.63) is 24.0 Å². The van der Waals surface area contributed by atoms with E-state index in [0.717, 1.165) is 18.3 Å². The molecule has 0 aliphatic heterocycles. The molecule has 0 atom stereocenters. The van der Waals surface area contributed by atoms with Gasteiger partial charge in [0.05, 0.1) is 6.61 Å². The highest BCUT2D eigenvalue weighted by atomic mass is 16.5. The number of Topliss-reactive ketones (excluding diaryl/α,β-unsaturated/α-hetero) is 1. The summed E-state index contributed by atoms with van der Waals surface area (Å²) in [6.07, 6.45) is 4.65. The van der Waals surface area contributed by atoms with E-state index in [1.165, 1.54) is 12.8 Å². The number of ether oxygens (including phenoxy) is 1. The van der Waals surface area contributed by atoms with Crippen LogP contribution in [-0.4, -0.2) is 17.4 Å². The second-order valence-corrected chi connectivity index (χ2v) is 3.91. The lowest BCUT2D eigenvalue weighted by molar-refractivity contribution is 0.0983. The SMILES string of the molecule is CCC(=O)c1cc(OCC2CC2)ccn1. The number of carbonyl (C=O) groups is 1. The van der Waals surface area contributed by atoms with Crippen LogP contribution < -0.4 is 4.74 Å². The lowest BCUT2D eigenvalue weighted by Gasteiger charge is -2.05. The molecule has 0 bridgehead atoms. The first kappa shape index (κ1) is 10.1. The van der Waals surface area contributed by atoms with Crippen molar-refractivity contribution in [1.82, 2.24) is 4.98 Å². The molecule has 80 valence electrons. The maximum atomic E-state index is 11.4. The summed E-state index contributed by atoms with van der Waals surface area (Å²) in [4.78, 5) is 15.4. The van der Waals surface area contributed by atoms with Gasteiger partial charge in [-0.2, -0.15) is 0 Å². The summed E-state index contributed by atoms with van der Waals surface area (Å²) in [5.41, 5.74) is 0.505. The second kappa shape index (κ2) is 4.43. The Kier molecular flexibility index (Phi) is 2.99. The van der Waals surface area contributed by atoms with Crippen molar-refractivity contribution in [2.45, 2.75) is 26.2 Å². The molecule has 1 aromatic rings. The van der Waals surface area contributed by atoms with Crippen molar-refractivity contribution in [3.8, 4) is 5.75 Å². The van der Waals surface area contributed by atoms with Crippen molar-refractivity contribution in [1.29, 1.82) is 0 Å². The Morgan fingerprint density at radius 2 is 2.40 bits per heavy atom. The average Bonchev–Trinajstić information content (AvgIpc) is 3.09. The zero-order valence-electron chi connectivity index (χ0n) is 8.90. The molecule has 0 unspecified atom stereocenters. The van der Waals surface area contributed by atoms with Crippen molar-refractivity contribution >= 4 is 5.78 Å². The van der Waals surface area contributed by atoms with E-state index in [1.807, 2.05) is 6.92 Å². The molecule has 1 fully saturated rings. The third-order valence-electron chi connectivity index (χ3n) is 2.52. The minimum absolute atomic E-state index is 0.0619. The molecule has 0 spiro atoms. The first-order valence-electron chi connectivity index (χ1n) is 5.41. The molecule has 0 radical (unpaired) electrons. The quantitative estimate of drug-likeness (QED) is 0.693. The van der Waals surface area contributed by atoms with Gasteiger partial charge in [-0.3, -0.25) is 9.78 Å². The summed E-state index contributed by atoms with van der Waals surface area (Å²) in [6, 6.07) is 3.53. The van der Waals surface area contributed by atoms with Crippen LogP contribution in [0, 0.1) is 5.92 Å². The van der Waals surface area contributed by atoms with Gasteiger partial charge in [-0.05, 0) is 24.8 Å². The Balaban J connectivity index is 2.00. The Labute approximate surface area is 89.5 Å². The number of hydrogen-bond donors (Lipinski definition) is 0. The third-order valence-corrected chi connectivity index (χ3v) is 2.52. The van der Waals surface area contributed by atoms with Crippen molar-refractivity contribution in [3.63, 3.8) is 0 Å². The van der Waals surface area contributed by atoms with E-state index < -0.39 is 0 Å². The van der Waals surface area contributed by atoms with E-state index in [4.69, 9.17) is 4.74 Å². The van der Waals surface area contributed by atoms with E-state index >= 15 is 0 Å². The average molecular weight is 205 g/mol. The monoisotopic (exact) mass is 205 g/mol. The summed E-state index contributed by atoms with van der Waals surface area (Å²) >= 11 is 0. The summed E-state index contributed by atoms with van der Waals surface area (Å²) in [5, 5.41) is 0. The molecule has 3 heteroatoms. The second-order valence-electron chi connectivity index (χ2n) is 3.91. The van der Waals surface area contributed by atoms with Crippen LogP contribution in [0.4, 0.5) is 0 Å². The molecule has 0 aromatic carbocycles. The van der Waals surface area contributed by atoms with Gasteiger partial charge < -0.3 is 4.74 Å². The summed E-state index contributed by atoms with van der Waals surface area (Å²) < 4.78 is 5.57. The predicted molar refractivity (Wildman–Crippen MR) is 57.1 cm³/mol. The van der Waals surface area contributed by atoms with Crippen LogP contribution in [-0.2, 0) is 0 Å². The van der Waals surface area contributed by atoms with Crippen LogP contribution >= 0.6 is 0 Å². The standard InChI is InChI=1S/C12H15NO2/c1-2-12(14)11-7-10(5-6-13-11)15-8-9-3-4-9/h5-7,9H,2-4,8H2,1H3. The van der Waals surface area contributed by atoms with Crippen LogP contribution in [0.2, 0.25) is 0 Å². The van der Waals surface area contributed by atoms with Crippen molar-refractivity contribution < 1.29 is 9.53 Å². The highest BCUT2D eigenvalue weighted by molar-refractivity contribution is 5.94. The van der Waals surface area contributed by atoms with Gasteiger partial charge in [0.25, 0.3) is 0 Å². The van der Waals surface area contributed by atoms with E-state index in [1.54, 1.807) is 18.3 Å². The highest BCUT2D eigenvalue weighted by Gasteiger charge is 2.21. The zero-order valence-corrected chi connectivity index (χ0v) is 8.90. The van der Waals surface area contributed by atoms with Crippen LogP contribution in [0.1, 0.15) is 36.7 Å². The molecule has 15 heavy (non-hydrogen) atoms. The summed E-state index contributed by atoms with van der Waals surface area (Å²) in [6.45, 7) is 2.60. The summed E-state index contributed by atoms with van der Waals surface area (Å²) in [5.74, 6) is 1.55. The molecule has 1 aromatic heterocycles. The first-order valence-corrected chi connectivity index (χ1v) is 5.41. The largest absolute Gasteiger partial charge is 0.493 e. The Hall–Kier alpha value is -1.38. The van der Waals surface area contributed by atoms with Gasteiger partial charge >= 0.3 is 0 Å². The van der Waals surface area contributed by atoms with Gasteiger partial charge in [-0.1, -0.05) is 6.92 Å². The third kappa shape index (κ3) is 2.78. The molecule has 0 amide bonds. The van der Waals surface area contributed by atoms with Gasteiger partial charge in [-0.15, -0.1) is 0 Å². The fourth-order valence-electron chi connectivity index (χ4n) is 1.33. The molecule has 1 aliphatic rings. The van der Waals surface area contributed by atoms with Gasteiger partial charge in [0.1, 0.15) is 11.4 Å². The number of ketones is 1. The maximum Gasteiger partial charge on any atom is 0.181 e. The van der Waals surface area contributed by atoms with Crippen LogP contribution in [0.3, 0.4) is 0 Å². The van der Waals surface area contributed by atoms with Gasteiger partial charge in [0, 0.05) is 18.7 Å². The molecule has 1 saturated carbocycles. The number of aromatic nitrogens is 1. The fourth-order valence-corrected chi connectivity index (χ4v) is 1.33. The Bertz CT molecular complexity index is 358. The van der Waals surface area contributed by atoms with E-state index in [0.29, 0.717) is 12.1 Å². The number of carbonyl (C=O) groups excluding carboxylic acids is 1. The van der Waals surface area contributed by atoms with Gasteiger partial charge in [0.2, 0.25) is 0 Å². The molecule has 1 heterocycles. The normalized spacial score (nSPS) is 15.0. The molecule has 3 nitrogen and oxygen atoms in total. The molecular formula is C12H15NO2. The minimum Gasteiger partial charge on any atom is -0.493 e. The fraction of sp³-hybridized carbons (Fsp3) is 0.500. The topological polar surface area (TPSA) is 39.2 Å². The Morgan fingerprint density at radius 1 is 1.60 bits per heavy atom. The zero-order chi connectivity index (χ0) is 10.7. The Morgan fingerprint density at radius 3 is 3.07 bits per heavy atom. The van der Waals surface area contributed by atoms with E-state index in [2.05, 4.69) is 4.98 Å². The van der Waals surface area contributed by atoms with Crippen LogP contribution in [0.5, 0.6) is 5.75 Å². The summed E-state index contributed by atoms with van der Waals surface area (Å²) in [7, 11) is 0. The highest BCUT2D eigenvalue weighted by Crippen LogP contribution is 2.29. The van der Waals surface area contributed by atoms with E-state index in [9.17, 15) is 4.79 Å². The molecule has 0 saturated heterocycles. The van der Waals surface area contributed by atoms with E-state index in [-0.39, 0.29) is 5.78 Å². The lowest BCUT2D eigenvalue weighted by atomic mass is 10.2. The number of hydrogen-bond acceptors (Lipinski definition) is 3. The molecular weight excluding hydrogens is 190 g/mol. The van der Waals surface area contributed by atoms with Crippen molar-refractivity contribution in [2.75, 3.05) is 6.61 Å². The van der Waals surface area contributed by atoms with Crippen LogP contribution in [0.15, 0.2) is 18.3 Å². The van der Waals surface area contributed by atoms with Crippen LogP contribution in [0.25, 0.3) is 0 Å². The smallest absolute Gasteiger partial charge is 0.181 e. The molecule has 2 rings (SSSR count). The maximum absolute atomic E-state index is 11.4. The lowest BCUT2D eigenvalue weighted by Crippen LogP contribution is -2.03. The predicted octanol–water partition coefficient (Wildman–Crippen LogP) is 2.46. The number of rotatable bonds is 5. The molecule has 1 aliphatic carbocycles. The number of nitrogens with zero attached hydrogens (tertiary/aromatic N) is 1. The molecule has 0 N–H and O–H groups in total. The first-order chi connectivity index (χ1) is 7.29. The van der Waals surface area contributed by atoms with Gasteiger partial charge in [-0.25, -0.2) is 0 Å².